The molecule has 0 aliphatic carbocycles. The maximum Gasteiger partial charge on any atom is 0.251 e. The van der Waals surface area contributed by atoms with E-state index in [0.29, 0.717) is 5.82 Å². The molecule has 2 aromatic carbocycles. The third kappa shape index (κ3) is 2.84. The van der Waals surface area contributed by atoms with Gasteiger partial charge in [0.1, 0.15) is 6.61 Å². The summed E-state index contributed by atoms with van der Waals surface area (Å²) < 4.78 is 4.80. The molecule has 0 aliphatic rings. The fraction of sp³-hybridized carbons (Fsp3) is 0.176. The van der Waals surface area contributed by atoms with E-state index in [4.69, 9.17) is 4.74 Å². The number of carbonyl (C=O) groups excluding carboxylic acids is 1. The van der Waals surface area contributed by atoms with Gasteiger partial charge in [-0.25, -0.2) is 0 Å². The van der Waals surface area contributed by atoms with Crippen LogP contribution in [-0.4, -0.2) is 29.8 Å². The van der Waals surface area contributed by atoms with E-state index in [2.05, 4.69) is 46.7 Å². The summed E-state index contributed by atoms with van der Waals surface area (Å²) in [6, 6.07) is 14.4. The van der Waals surface area contributed by atoms with E-state index in [-0.39, 0.29) is 12.5 Å². The lowest BCUT2D eigenvalue weighted by Crippen LogP contribution is -2.17. The molecule has 0 fully saturated rings. The van der Waals surface area contributed by atoms with Gasteiger partial charge in [-0.3, -0.25) is 9.89 Å². The molecule has 22 heavy (non-hydrogen) atoms. The summed E-state index contributed by atoms with van der Waals surface area (Å²) in [4.78, 5) is 11.6. The van der Waals surface area contributed by atoms with Crippen LogP contribution in [0.3, 0.4) is 0 Å². The van der Waals surface area contributed by atoms with E-state index in [1.165, 1.54) is 12.7 Å². The largest absolute Gasteiger partial charge is 0.375 e. The van der Waals surface area contributed by atoms with Crippen molar-refractivity contribution in [3.8, 4) is 11.1 Å². The number of fused-ring (bicyclic) bond motifs is 1. The minimum Gasteiger partial charge on any atom is -0.375 e. The first kappa shape index (κ1) is 14.3. The van der Waals surface area contributed by atoms with Crippen LogP contribution in [0.25, 0.3) is 22.0 Å². The lowest BCUT2D eigenvalue weighted by atomic mass is 10.0. The highest BCUT2D eigenvalue weighted by Crippen LogP contribution is 2.27. The molecule has 3 aromatic rings. The number of nitrogens with zero attached hydrogens (tertiary/aromatic N) is 1. The quantitative estimate of drug-likeness (QED) is 0.777. The van der Waals surface area contributed by atoms with Gasteiger partial charge in [-0.15, -0.1) is 0 Å². The Kier molecular flexibility index (Phi) is 3.89. The molecule has 0 saturated heterocycles. The second-order valence-electron chi connectivity index (χ2n) is 5.18. The summed E-state index contributed by atoms with van der Waals surface area (Å²) in [6.45, 7) is 2.08. The van der Waals surface area contributed by atoms with Crippen molar-refractivity contribution in [2.24, 2.45) is 0 Å². The monoisotopic (exact) mass is 295 g/mol. The molecule has 1 heterocycles. The van der Waals surface area contributed by atoms with Gasteiger partial charge in [0.05, 0.1) is 5.52 Å². The van der Waals surface area contributed by atoms with Crippen molar-refractivity contribution in [1.29, 1.82) is 0 Å². The van der Waals surface area contributed by atoms with E-state index in [1.807, 2.05) is 18.2 Å². The maximum atomic E-state index is 11.6. The van der Waals surface area contributed by atoms with Crippen molar-refractivity contribution in [3.63, 3.8) is 0 Å². The van der Waals surface area contributed by atoms with Crippen LogP contribution >= 0.6 is 0 Å². The second-order valence-corrected chi connectivity index (χ2v) is 5.18. The van der Waals surface area contributed by atoms with Crippen molar-refractivity contribution in [2.45, 2.75) is 6.92 Å². The summed E-state index contributed by atoms with van der Waals surface area (Å²) in [5.74, 6) is 0.297. The molecule has 3 rings (SSSR count). The number of nitrogens with one attached hydrogen (secondary N) is 2. The number of hydrogen-bond donors (Lipinski definition) is 2. The predicted octanol–water partition coefficient (Wildman–Crippen LogP) is 3.12. The van der Waals surface area contributed by atoms with Gasteiger partial charge in [0.2, 0.25) is 0 Å². The van der Waals surface area contributed by atoms with Crippen LogP contribution in [-0.2, 0) is 9.53 Å². The van der Waals surface area contributed by atoms with Crippen LogP contribution in [0.5, 0.6) is 0 Å². The molecular formula is C17H17N3O2. The van der Waals surface area contributed by atoms with Crippen molar-refractivity contribution < 1.29 is 9.53 Å². The van der Waals surface area contributed by atoms with Crippen molar-refractivity contribution in [1.82, 2.24) is 10.2 Å². The van der Waals surface area contributed by atoms with Crippen molar-refractivity contribution in [2.75, 3.05) is 19.0 Å². The molecule has 2 N–H and O–H groups in total. The highest BCUT2D eigenvalue weighted by Gasteiger charge is 2.10. The number of ether oxygens (including phenoxy) is 1. The Morgan fingerprint density at radius 2 is 1.91 bits per heavy atom. The minimum absolute atomic E-state index is 0.00973. The Balaban J connectivity index is 1.92. The molecule has 1 aromatic heterocycles. The van der Waals surface area contributed by atoms with Crippen LogP contribution in [0.2, 0.25) is 0 Å². The molecule has 1 amide bonds. The smallest absolute Gasteiger partial charge is 0.251 e. The number of benzene rings is 2. The predicted molar refractivity (Wildman–Crippen MR) is 86.8 cm³/mol. The normalized spacial score (nSPS) is 10.8. The number of rotatable bonds is 4. The Bertz CT molecular complexity index is 806. The molecule has 0 saturated carbocycles. The van der Waals surface area contributed by atoms with Gasteiger partial charge in [-0.1, -0.05) is 35.9 Å². The van der Waals surface area contributed by atoms with E-state index in [0.717, 1.165) is 22.0 Å². The van der Waals surface area contributed by atoms with Gasteiger partial charge >= 0.3 is 0 Å². The van der Waals surface area contributed by atoms with Crippen LogP contribution in [0.4, 0.5) is 5.82 Å². The number of aromatic nitrogens is 2. The average Bonchev–Trinajstić information content (AvgIpc) is 2.90. The second kappa shape index (κ2) is 5.99. The van der Waals surface area contributed by atoms with Gasteiger partial charge in [0.15, 0.2) is 5.82 Å². The van der Waals surface area contributed by atoms with Crippen LogP contribution < -0.4 is 5.32 Å². The number of methoxy groups -OCH3 is 1. The Labute approximate surface area is 128 Å². The molecule has 0 atom stereocenters. The molecule has 0 bridgehead atoms. The SMILES string of the molecule is COCC(=O)Nc1n[nH]c2cc(-c3ccc(C)cc3)ccc12. The molecule has 0 unspecified atom stereocenters. The number of aromatic amines is 1. The molecule has 5 nitrogen and oxygen atoms in total. The molecule has 112 valence electrons. The zero-order valence-corrected chi connectivity index (χ0v) is 12.5. The first-order valence-electron chi connectivity index (χ1n) is 7.01. The molecule has 0 aliphatic heterocycles. The summed E-state index contributed by atoms with van der Waals surface area (Å²) in [6.07, 6.45) is 0. The third-order valence-electron chi connectivity index (χ3n) is 3.48. The number of aryl methyl sites for hydroxylation is 1. The minimum atomic E-state index is -0.224. The van der Waals surface area contributed by atoms with Gasteiger partial charge in [-0.2, -0.15) is 5.10 Å². The Morgan fingerprint density at radius 1 is 1.18 bits per heavy atom. The first-order valence-corrected chi connectivity index (χ1v) is 7.01. The van der Waals surface area contributed by atoms with Crippen molar-refractivity contribution >= 4 is 22.6 Å². The summed E-state index contributed by atoms with van der Waals surface area (Å²) in [5, 5.41) is 10.7. The van der Waals surface area contributed by atoms with Gasteiger partial charge in [-0.05, 0) is 30.2 Å². The van der Waals surface area contributed by atoms with Crippen LogP contribution in [0, 0.1) is 6.92 Å². The highest BCUT2D eigenvalue weighted by molar-refractivity contribution is 6.01. The van der Waals surface area contributed by atoms with E-state index >= 15 is 0 Å². The maximum absolute atomic E-state index is 11.6. The van der Waals surface area contributed by atoms with E-state index in [1.54, 1.807) is 0 Å². The van der Waals surface area contributed by atoms with Gasteiger partial charge in [0, 0.05) is 12.5 Å². The van der Waals surface area contributed by atoms with Crippen molar-refractivity contribution in [3.05, 3.63) is 48.0 Å². The number of anilines is 1. The summed E-state index contributed by atoms with van der Waals surface area (Å²) in [7, 11) is 1.48. The number of hydrogen-bond acceptors (Lipinski definition) is 3. The molecular weight excluding hydrogens is 278 g/mol. The molecule has 0 radical (unpaired) electrons. The molecule has 5 heteroatoms. The van der Waals surface area contributed by atoms with Crippen LogP contribution in [0.15, 0.2) is 42.5 Å². The topological polar surface area (TPSA) is 67.0 Å². The lowest BCUT2D eigenvalue weighted by Gasteiger charge is -2.04. The zero-order chi connectivity index (χ0) is 15.5. The first-order chi connectivity index (χ1) is 10.7. The Hall–Kier alpha value is -2.66. The fourth-order valence-electron chi connectivity index (χ4n) is 2.34. The third-order valence-corrected chi connectivity index (χ3v) is 3.48. The number of carbonyl (C=O) groups is 1. The van der Waals surface area contributed by atoms with E-state index < -0.39 is 0 Å². The van der Waals surface area contributed by atoms with Gasteiger partial charge < -0.3 is 10.1 Å². The van der Waals surface area contributed by atoms with Gasteiger partial charge in [0.25, 0.3) is 5.91 Å². The lowest BCUT2D eigenvalue weighted by molar-refractivity contribution is -0.119. The standard InChI is InChI=1S/C17H17N3O2/c1-11-3-5-12(6-4-11)13-7-8-14-15(9-13)19-20-17(14)18-16(21)10-22-2/h3-9H,10H2,1-2H3,(H2,18,19,20,21). The number of amides is 1. The summed E-state index contributed by atoms with van der Waals surface area (Å²) in [5.41, 5.74) is 4.36. The van der Waals surface area contributed by atoms with E-state index in [9.17, 15) is 4.79 Å². The average molecular weight is 295 g/mol. The zero-order valence-electron chi connectivity index (χ0n) is 12.5. The number of H-pyrrole nitrogens is 1. The highest BCUT2D eigenvalue weighted by atomic mass is 16.5. The summed E-state index contributed by atoms with van der Waals surface area (Å²) >= 11 is 0. The fourth-order valence-corrected chi connectivity index (χ4v) is 2.34. The Morgan fingerprint density at radius 3 is 2.64 bits per heavy atom. The van der Waals surface area contributed by atoms with Crippen LogP contribution in [0.1, 0.15) is 5.56 Å². The molecule has 0 spiro atoms.